The maximum atomic E-state index is 9.78. The summed E-state index contributed by atoms with van der Waals surface area (Å²) in [7, 11) is 0. The molecule has 6 heteroatoms. The molecular formula is C29H47N5O. The summed E-state index contributed by atoms with van der Waals surface area (Å²) in [5, 5.41) is 16.7. The highest BCUT2D eigenvalue weighted by Crippen LogP contribution is 2.23. The molecule has 0 radical (unpaired) electrons. The Morgan fingerprint density at radius 1 is 1.23 bits per heavy atom. The number of terminal acetylenes is 1. The van der Waals surface area contributed by atoms with Crippen molar-refractivity contribution in [2.45, 2.75) is 104 Å². The number of hydrogen-bond acceptors (Lipinski definition) is 6. The van der Waals surface area contributed by atoms with Gasteiger partial charge in [-0.05, 0) is 58.1 Å². The Labute approximate surface area is 213 Å². The van der Waals surface area contributed by atoms with Crippen molar-refractivity contribution >= 4 is 11.3 Å². The second-order valence-electron chi connectivity index (χ2n) is 10.0. The topological polar surface area (TPSA) is 72.8 Å². The lowest BCUT2D eigenvalue weighted by atomic mass is 9.93. The van der Waals surface area contributed by atoms with Crippen LogP contribution in [-0.4, -0.2) is 58.5 Å². The summed E-state index contributed by atoms with van der Waals surface area (Å²) in [5.74, 6) is 3.51. The van der Waals surface area contributed by atoms with E-state index in [1.54, 1.807) is 0 Å². The molecule has 1 aliphatic heterocycles. The van der Waals surface area contributed by atoms with Crippen LogP contribution in [-0.2, 0) is 6.54 Å². The van der Waals surface area contributed by atoms with E-state index in [9.17, 15) is 5.11 Å². The highest BCUT2D eigenvalue weighted by atomic mass is 16.3. The Bertz CT molecular complexity index is 841. The zero-order valence-electron chi connectivity index (χ0n) is 22.6. The maximum Gasteiger partial charge on any atom is 0.144 e. The predicted octanol–water partition coefficient (Wildman–Crippen LogP) is 4.75. The molecule has 6 nitrogen and oxygen atoms in total. The summed E-state index contributed by atoms with van der Waals surface area (Å²) in [6, 6.07) is 4.91. The number of piperazine rings is 1. The molecule has 1 aliphatic carbocycles. The molecule has 35 heavy (non-hydrogen) atoms. The lowest BCUT2D eigenvalue weighted by Crippen LogP contribution is -2.49. The standard InChI is InChI=1S/C24H35N5O.C5H12/c1-5-22(24(27-17(2)3)28-20-7-9-21(30)10-8-20)23-11-6-19(15-26-23)16-29-13-12-25-14-18(29)4;1-3-5-4-2/h1,6,11,15,18,20-21,25,28,30H,7-10,12-14,16H2,2-4H3;3-5H2,1-2H3/b24-22-;/t18-,20?,21?;/m0./s1. The van der Waals surface area contributed by atoms with E-state index in [1.165, 1.54) is 24.8 Å². The van der Waals surface area contributed by atoms with Gasteiger partial charge in [-0.3, -0.25) is 9.88 Å². The normalized spacial score (nSPS) is 23.3. The van der Waals surface area contributed by atoms with Gasteiger partial charge in [0, 0.05) is 50.2 Å². The molecular weight excluding hydrogens is 434 g/mol. The lowest BCUT2D eigenvalue weighted by molar-refractivity contribution is 0.118. The number of aromatic nitrogens is 1. The van der Waals surface area contributed by atoms with Gasteiger partial charge in [0.05, 0.1) is 17.4 Å². The summed E-state index contributed by atoms with van der Waals surface area (Å²) in [6.07, 6.45) is 15.2. The van der Waals surface area contributed by atoms with Crippen molar-refractivity contribution in [1.29, 1.82) is 0 Å². The number of nitrogens with one attached hydrogen (secondary N) is 2. The van der Waals surface area contributed by atoms with E-state index in [1.807, 2.05) is 26.1 Å². The third-order valence-electron chi connectivity index (χ3n) is 6.57. The minimum atomic E-state index is -0.188. The number of aliphatic imine (C=N–C) groups is 1. The number of nitrogens with zero attached hydrogens (tertiary/aromatic N) is 3. The van der Waals surface area contributed by atoms with Crippen molar-refractivity contribution in [1.82, 2.24) is 20.5 Å². The van der Waals surface area contributed by atoms with Crippen molar-refractivity contribution in [3.63, 3.8) is 0 Å². The Hall–Kier alpha value is -2.20. The first-order valence-electron chi connectivity index (χ1n) is 13.4. The van der Waals surface area contributed by atoms with Crippen molar-refractivity contribution in [2.24, 2.45) is 4.99 Å². The van der Waals surface area contributed by atoms with Crippen molar-refractivity contribution < 1.29 is 5.11 Å². The Morgan fingerprint density at radius 2 is 1.94 bits per heavy atom. The summed E-state index contributed by atoms with van der Waals surface area (Å²) >= 11 is 0. The molecule has 2 heterocycles. The molecule has 1 atom stereocenters. The zero-order chi connectivity index (χ0) is 25.6. The highest BCUT2D eigenvalue weighted by Gasteiger charge is 2.22. The zero-order valence-corrected chi connectivity index (χ0v) is 22.6. The van der Waals surface area contributed by atoms with E-state index in [0.29, 0.717) is 17.4 Å². The number of unbranched alkanes of at least 4 members (excludes halogenated alkanes) is 2. The second-order valence-corrected chi connectivity index (χ2v) is 10.0. The van der Waals surface area contributed by atoms with Crippen molar-refractivity contribution in [3.05, 3.63) is 35.4 Å². The number of allylic oxidation sites excluding steroid dienone is 1. The maximum absolute atomic E-state index is 9.78. The van der Waals surface area contributed by atoms with E-state index in [0.717, 1.165) is 63.3 Å². The van der Waals surface area contributed by atoms with Gasteiger partial charge in [-0.15, -0.1) is 6.42 Å². The van der Waals surface area contributed by atoms with Crippen LogP contribution in [0, 0.1) is 12.3 Å². The van der Waals surface area contributed by atoms with Gasteiger partial charge in [0.25, 0.3) is 0 Å². The first-order chi connectivity index (χ1) is 16.9. The molecule has 0 unspecified atom stereocenters. The van der Waals surface area contributed by atoms with Gasteiger partial charge in [0.15, 0.2) is 0 Å². The molecule has 0 amide bonds. The minimum Gasteiger partial charge on any atom is -0.393 e. The molecule has 1 saturated carbocycles. The smallest absolute Gasteiger partial charge is 0.144 e. The molecule has 1 aromatic rings. The van der Waals surface area contributed by atoms with Gasteiger partial charge in [0.1, 0.15) is 5.82 Å². The SMILES string of the molecule is C#C/C(=C(\N=C(C)C)NC1CCC(O)CC1)c1ccc(CN2CCNC[C@@H]2C)cn1.CCCCC. The van der Waals surface area contributed by atoms with Crippen molar-refractivity contribution in [3.8, 4) is 12.3 Å². The molecule has 3 N–H and O–H groups in total. The molecule has 3 rings (SSSR count). The van der Waals surface area contributed by atoms with E-state index in [2.05, 4.69) is 58.3 Å². The fourth-order valence-corrected chi connectivity index (χ4v) is 4.43. The van der Waals surface area contributed by atoms with E-state index in [-0.39, 0.29) is 12.1 Å². The highest BCUT2D eigenvalue weighted by molar-refractivity contribution is 5.84. The number of aliphatic hydroxyl groups excluding tert-OH is 1. The summed E-state index contributed by atoms with van der Waals surface area (Å²) in [4.78, 5) is 11.8. The van der Waals surface area contributed by atoms with Crippen LogP contribution < -0.4 is 10.6 Å². The van der Waals surface area contributed by atoms with Gasteiger partial charge in [-0.1, -0.05) is 45.1 Å². The van der Waals surface area contributed by atoms with Crippen LogP contribution >= 0.6 is 0 Å². The van der Waals surface area contributed by atoms with Gasteiger partial charge in [-0.2, -0.15) is 0 Å². The average molecular weight is 482 g/mol. The van der Waals surface area contributed by atoms with Crippen LogP contribution in [0.15, 0.2) is 29.1 Å². The molecule has 0 bridgehead atoms. The molecule has 2 aliphatic rings. The lowest BCUT2D eigenvalue weighted by Gasteiger charge is -2.33. The first-order valence-corrected chi connectivity index (χ1v) is 13.4. The van der Waals surface area contributed by atoms with E-state index >= 15 is 0 Å². The van der Waals surface area contributed by atoms with Gasteiger partial charge < -0.3 is 15.7 Å². The Morgan fingerprint density at radius 3 is 2.46 bits per heavy atom. The quantitative estimate of drug-likeness (QED) is 0.369. The fourth-order valence-electron chi connectivity index (χ4n) is 4.43. The summed E-state index contributed by atoms with van der Waals surface area (Å²) in [6.45, 7) is 14.6. The molecule has 2 fully saturated rings. The Kier molecular flexibility index (Phi) is 13.0. The molecule has 0 aromatic carbocycles. The first kappa shape index (κ1) is 29.0. The number of pyridine rings is 1. The number of hydrogen-bond donors (Lipinski definition) is 3. The third-order valence-corrected chi connectivity index (χ3v) is 6.57. The predicted molar refractivity (Wildman–Crippen MR) is 148 cm³/mol. The van der Waals surface area contributed by atoms with Gasteiger partial charge in [-0.25, -0.2) is 4.99 Å². The second kappa shape index (κ2) is 15.7. The largest absolute Gasteiger partial charge is 0.393 e. The van der Waals surface area contributed by atoms with Crippen LogP contribution in [0.25, 0.3) is 5.57 Å². The summed E-state index contributed by atoms with van der Waals surface area (Å²) < 4.78 is 0. The van der Waals surface area contributed by atoms with Crippen LogP contribution in [0.2, 0.25) is 0 Å². The van der Waals surface area contributed by atoms with E-state index in [4.69, 9.17) is 6.42 Å². The molecule has 194 valence electrons. The van der Waals surface area contributed by atoms with E-state index < -0.39 is 0 Å². The van der Waals surface area contributed by atoms with Crippen LogP contribution in [0.1, 0.15) is 90.8 Å². The minimum absolute atomic E-state index is 0.188. The van der Waals surface area contributed by atoms with Gasteiger partial charge >= 0.3 is 0 Å². The molecule has 0 spiro atoms. The number of aliphatic hydroxyl groups is 1. The summed E-state index contributed by atoms with van der Waals surface area (Å²) in [5.41, 5.74) is 3.57. The molecule has 1 saturated heterocycles. The van der Waals surface area contributed by atoms with Crippen LogP contribution in [0.3, 0.4) is 0 Å². The number of rotatable bonds is 8. The van der Waals surface area contributed by atoms with Crippen LogP contribution in [0.5, 0.6) is 0 Å². The van der Waals surface area contributed by atoms with Crippen molar-refractivity contribution in [2.75, 3.05) is 19.6 Å². The Balaban J connectivity index is 0.000000784. The fraction of sp³-hybridized carbons (Fsp3) is 0.655. The van der Waals surface area contributed by atoms with Gasteiger partial charge in [0.2, 0.25) is 0 Å². The average Bonchev–Trinajstić information content (AvgIpc) is 2.84. The third kappa shape index (κ3) is 10.1. The molecule has 1 aromatic heterocycles. The van der Waals surface area contributed by atoms with Crippen LogP contribution in [0.4, 0.5) is 0 Å². The monoisotopic (exact) mass is 481 g/mol.